The highest BCUT2D eigenvalue weighted by Crippen LogP contribution is 2.25. The molecule has 0 unspecified atom stereocenters. The predicted octanol–water partition coefficient (Wildman–Crippen LogP) is 3.54. The Bertz CT molecular complexity index is 488. The van der Waals surface area contributed by atoms with E-state index in [1.165, 1.54) is 0 Å². The minimum atomic E-state index is 0.513. The molecule has 0 aliphatic rings. The molecule has 1 aromatic heterocycles. The number of ether oxygens (including phenoxy) is 2. The fourth-order valence-corrected chi connectivity index (χ4v) is 1.41. The predicted molar refractivity (Wildman–Crippen MR) is 62.3 cm³/mol. The second-order valence-corrected chi connectivity index (χ2v) is 3.53. The summed E-state index contributed by atoms with van der Waals surface area (Å²) < 4.78 is 10.6. The molecule has 0 spiro atoms. The summed E-state index contributed by atoms with van der Waals surface area (Å²) in [5.41, 5.74) is 0. The van der Waals surface area contributed by atoms with Crippen molar-refractivity contribution in [1.82, 2.24) is 4.98 Å². The molecule has 4 heteroatoms. The molecule has 0 saturated carbocycles. The first kappa shape index (κ1) is 10.8. The van der Waals surface area contributed by atoms with Crippen LogP contribution in [0.1, 0.15) is 0 Å². The summed E-state index contributed by atoms with van der Waals surface area (Å²) in [5.74, 6) is 1.86. The molecule has 0 amide bonds. The van der Waals surface area contributed by atoms with Crippen molar-refractivity contribution in [2.24, 2.45) is 0 Å². The summed E-state index contributed by atoms with van der Waals surface area (Å²) in [7, 11) is 1.56. The molecule has 0 bridgehead atoms. The second kappa shape index (κ2) is 4.86. The van der Waals surface area contributed by atoms with Gasteiger partial charge in [0, 0.05) is 17.3 Å². The molecule has 0 aliphatic heterocycles. The van der Waals surface area contributed by atoms with Crippen LogP contribution < -0.4 is 9.47 Å². The quantitative estimate of drug-likeness (QED) is 0.816. The molecule has 0 atom stereocenters. The van der Waals surface area contributed by atoms with E-state index in [9.17, 15) is 0 Å². The van der Waals surface area contributed by atoms with Gasteiger partial charge in [0.2, 0.25) is 5.88 Å². The molecule has 1 aromatic carbocycles. The summed E-state index contributed by atoms with van der Waals surface area (Å²) in [6.07, 6.45) is 1.62. The van der Waals surface area contributed by atoms with Gasteiger partial charge in [-0.25, -0.2) is 4.98 Å². The first-order valence-electron chi connectivity index (χ1n) is 4.71. The number of halogens is 1. The Labute approximate surface area is 98.6 Å². The maximum absolute atomic E-state index is 5.85. The van der Waals surface area contributed by atoms with Crippen LogP contribution in [0.25, 0.3) is 0 Å². The summed E-state index contributed by atoms with van der Waals surface area (Å²) in [5, 5.41) is 0.638. The molecule has 0 N–H and O–H groups in total. The van der Waals surface area contributed by atoms with E-state index in [1.54, 1.807) is 37.6 Å². The molecule has 0 fully saturated rings. The largest absolute Gasteiger partial charge is 0.481 e. The van der Waals surface area contributed by atoms with E-state index in [0.717, 1.165) is 0 Å². The molecule has 0 radical (unpaired) electrons. The molecular weight excluding hydrogens is 226 g/mol. The third-order valence-electron chi connectivity index (χ3n) is 1.95. The SMILES string of the molecule is COc1cc(Oc2cccc(Cl)c2)ccn1. The normalized spacial score (nSPS) is 9.88. The Morgan fingerprint density at radius 1 is 1.12 bits per heavy atom. The van der Waals surface area contributed by atoms with Gasteiger partial charge in [-0.05, 0) is 24.3 Å². The number of nitrogens with zero attached hydrogens (tertiary/aromatic N) is 1. The van der Waals surface area contributed by atoms with Crippen molar-refractivity contribution in [3.8, 4) is 17.4 Å². The zero-order chi connectivity index (χ0) is 11.4. The zero-order valence-electron chi connectivity index (χ0n) is 8.68. The number of rotatable bonds is 3. The van der Waals surface area contributed by atoms with E-state index in [-0.39, 0.29) is 0 Å². The minimum Gasteiger partial charge on any atom is -0.481 e. The van der Waals surface area contributed by atoms with Crippen LogP contribution in [-0.4, -0.2) is 12.1 Å². The summed E-state index contributed by atoms with van der Waals surface area (Å²) in [6.45, 7) is 0. The molecular formula is C12H10ClNO2. The highest BCUT2D eigenvalue weighted by atomic mass is 35.5. The maximum Gasteiger partial charge on any atom is 0.216 e. The third-order valence-corrected chi connectivity index (χ3v) is 2.18. The van der Waals surface area contributed by atoms with Crippen LogP contribution in [-0.2, 0) is 0 Å². The molecule has 0 saturated heterocycles. The van der Waals surface area contributed by atoms with E-state index in [2.05, 4.69) is 4.98 Å². The molecule has 0 aliphatic carbocycles. The fourth-order valence-electron chi connectivity index (χ4n) is 1.23. The lowest BCUT2D eigenvalue weighted by Crippen LogP contribution is -1.89. The van der Waals surface area contributed by atoms with Crippen molar-refractivity contribution in [2.75, 3.05) is 7.11 Å². The smallest absolute Gasteiger partial charge is 0.216 e. The van der Waals surface area contributed by atoms with Crippen molar-refractivity contribution in [3.63, 3.8) is 0 Å². The second-order valence-electron chi connectivity index (χ2n) is 3.09. The summed E-state index contributed by atoms with van der Waals surface area (Å²) >= 11 is 5.85. The van der Waals surface area contributed by atoms with Crippen LogP contribution in [0.5, 0.6) is 17.4 Å². The number of methoxy groups -OCH3 is 1. The van der Waals surface area contributed by atoms with E-state index in [1.807, 2.05) is 12.1 Å². The number of benzene rings is 1. The van der Waals surface area contributed by atoms with Crippen molar-refractivity contribution in [1.29, 1.82) is 0 Å². The number of hydrogen-bond acceptors (Lipinski definition) is 3. The van der Waals surface area contributed by atoms with Crippen molar-refractivity contribution < 1.29 is 9.47 Å². The lowest BCUT2D eigenvalue weighted by Gasteiger charge is -2.06. The van der Waals surface area contributed by atoms with Crippen LogP contribution in [0.15, 0.2) is 42.6 Å². The van der Waals surface area contributed by atoms with Gasteiger partial charge >= 0.3 is 0 Å². The first-order valence-corrected chi connectivity index (χ1v) is 5.09. The van der Waals surface area contributed by atoms with Gasteiger partial charge < -0.3 is 9.47 Å². The Morgan fingerprint density at radius 3 is 2.69 bits per heavy atom. The molecule has 2 rings (SSSR count). The van der Waals surface area contributed by atoms with Crippen LogP contribution in [0.4, 0.5) is 0 Å². The van der Waals surface area contributed by atoms with Crippen LogP contribution in [0.3, 0.4) is 0 Å². The van der Waals surface area contributed by atoms with E-state index < -0.39 is 0 Å². The first-order chi connectivity index (χ1) is 7.78. The van der Waals surface area contributed by atoms with Gasteiger partial charge in [-0.2, -0.15) is 0 Å². The highest BCUT2D eigenvalue weighted by Gasteiger charge is 2.00. The van der Waals surface area contributed by atoms with E-state index in [0.29, 0.717) is 22.4 Å². The van der Waals surface area contributed by atoms with Crippen molar-refractivity contribution >= 4 is 11.6 Å². The molecule has 3 nitrogen and oxygen atoms in total. The van der Waals surface area contributed by atoms with E-state index >= 15 is 0 Å². The van der Waals surface area contributed by atoms with Gasteiger partial charge in [0.25, 0.3) is 0 Å². The van der Waals surface area contributed by atoms with Gasteiger partial charge in [-0.15, -0.1) is 0 Å². The maximum atomic E-state index is 5.85. The van der Waals surface area contributed by atoms with Crippen LogP contribution in [0.2, 0.25) is 5.02 Å². The number of aromatic nitrogens is 1. The Balaban J connectivity index is 2.20. The lowest BCUT2D eigenvalue weighted by molar-refractivity contribution is 0.392. The summed E-state index contributed by atoms with van der Waals surface area (Å²) in [6, 6.07) is 10.7. The van der Waals surface area contributed by atoms with Crippen molar-refractivity contribution in [3.05, 3.63) is 47.6 Å². The monoisotopic (exact) mass is 235 g/mol. The topological polar surface area (TPSA) is 31.4 Å². The van der Waals surface area contributed by atoms with Crippen LogP contribution in [0, 0.1) is 0 Å². The average molecular weight is 236 g/mol. The van der Waals surface area contributed by atoms with Crippen molar-refractivity contribution in [2.45, 2.75) is 0 Å². The minimum absolute atomic E-state index is 0.513. The van der Waals surface area contributed by atoms with Gasteiger partial charge in [0.05, 0.1) is 7.11 Å². The van der Waals surface area contributed by atoms with Gasteiger partial charge in [0.1, 0.15) is 11.5 Å². The van der Waals surface area contributed by atoms with Gasteiger partial charge in [-0.3, -0.25) is 0 Å². The van der Waals surface area contributed by atoms with Crippen LogP contribution >= 0.6 is 11.6 Å². The number of pyridine rings is 1. The Kier molecular flexibility index (Phi) is 3.27. The summed E-state index contributed by atoms with van der Waals surface area (Å²) in [4.78, 5) is 3.99. The van der Waals surface area contributed by atoms with Gasteiger partial charge in [0.15, 0.2) is 0 Å². The average Bonchev–Trinajstić information content (AvgIpc) is 2.29. The molecule has 82 valence electrons. The Morgan fingerprint density at radius 2 is 1.94 bits per heavy atom. The molecule has 1 heterocycles. The Hall–Kier alpha value is -1.74. The fraction of sp³-hybridized carbons (Fsp3) is 0.0833. The lowest BCUT2D eigenvalue weighted by atomic mass is 10.3. The van der Waals surface area contributed by atoms with Gasteiger partial charge in [-0.1, -0.05) is 17.7 Å². The third kappa shape index (κ3) is 2.64. The zero-order valence-corrected chi connectivity index (χ0v) is 9.44. The molecule has 16 heavy (non-hydrogen) atoms. The highest BCUT2D eigenvalue weighted by molar-refractivity contribution is 6.30. The number of hydrogen-bond donors (Lipinski definition) is 0. The standard InChI is InChI=1S/C12H10ClNO2/c1-15-12-8-11(5-6-14-12)16-10-4-2-3-9(13)7-10/h2-8H,1H3. The van der Waals surface area contributed by atoms with E-state index in [4.69, 9.17) is 21.1 Å². The molecule has 2 aromatic rings.